The van der Waals surface area contributed by atoms with E-state index in [9.17, 15) is 9.59 Å². The standard InChI is InChI=1S/C21H21N3O3S2/c1-13-7-8-16-15(9-13)11-17(29-16)20-23-24-21(27-20)28-12-19(26)22-18(25)10-14-5-3-2-4-6-14/h2-6,11,13H,7-10,12H2,1H3,(H,22,25,26). The molecule has 1 N–H and O–H groups in total. The van der Waals surface area contributed by atoms with Crippen LogP contribution in [0.5, 0.6) is 0 Å². The third-order valence-corrected chi connectivity index (χ3v) is 6.80. The molecule has 0 aliphatic heterocycles. The molecule has 1 unspecified atom stereocenters. The van der Waals surface area contributed by atoms with Crippen molar-refractivity contribution in [3.05, 3.63) is 52.4 Å². The molecule has 3 aromatic rings. The van der Waals surface area contributed by atoms with Crippen molar-refractivity contribution in [1.29, 1.82) is 0 Å². The van der Waals surface area contributed by atoms with Crippen molar-refractivity contribution in [2.45, 2.75) is 37.8 Å². The number of carbonyl (C=O) groups excluding carboxylic acids is 2. The summed E-state index contributed by atoms with van der Waals surface area (Å²) in [5, 5.41) is 10.9. The number of hydrogen-bond donors (Lipinski definition) is 1. The van der Waals surface area contributed by atoms with E-state index in [4.69, 9.17) is 4.42 Å². The number of nitrogens with zero attached hydrogens (tertiary/aromatic N) is 2. The van der Waals surface area contributed by atoms with Crippen LogP contribution in [-0.4, -0.2) is 27.8 Å². The van der Waals surface area contributed by atoms with Crippen molar-refractivity contribution in [1.82, 2.24) is 15.5 Å². The van der Waals surface area contributed by atoms with Gasteiger partial charge in [0, 0.05) is 4.88 Å². The molecule has 1 aliphatic rings. The first-order chi connectivity index (χ1) is 14.1. The number of imide groups is 1. The van der Waals surface area contributed by atoms with Gasteiger partial charge in [-0.3, -0.25) is 14.9 Å². The zero-order chi connectivity index (χ0) is 20.2. The third-order valence-electron chi connectivity index (χ3n) is 4.76. The highest BCUT2D eigenvalue weighted by Gasteiger charge is 2.21. The molecule has 0 spiro atoms. The summed E-state index contributed by atoms with van der Waals surface area (Å²) in [5.41, 5.74) is 2.24. The Hall–Kier alpha value is -2.45. The van der Waals surface area contributed by atoms with Crippen LogP contribution in [-0.2, 0) is 28.9 Å². The maximum atomic E-state index is 12.0. The zero-order valence-corrected chi connectivity index (χ0v) is 17.6. The summed E-state index contributed by atoms with van der Waals surface area (Å²) >= 11 is 2.84. The number of thioether (sulfide) groups is 1. The van der Waals surface area contributed by atoms with Crippen molar-refractivity contribution >= 4 is 34.9 Å². The molecule has 4 rings (SSSR count). The summed E-state index contributed by atoms with van der Waals surface area (Å²) in [6.07, 6.45) is 3.59. The topological polar surface area (TPSA) is 85.1 Å². The number of thiophene rings is 1. The molecule has 0 radical (unpaired) electrons. The van der Waals surface area contributed by atoms with E-state index in [1.807, 2.05) is 30.3 Å². The van der Waals surface area contributed by atoms with Crippen molar-refractivity contribution < 1.29 is 14.0 Å². The van der Waals surface area contributed by atoms with E-state index < -0.39 is 0 Å². The number of amides is 2. The first-order valence-corrected chi connectivity index (χ1v) is 11.3. The quantitative estimate of drug-likeness (QED) is 0.601. The van der Waals surface area contributed by atoms with Gasteiger partial charge in [-0.25, -0.2) is 0 Å². The third kappa shape index (κ3) is 5.13. The fourth-order valence-corrected chi connectivity index (χ4v) is 5.02. The van der Waals surface area contributed by atoms with Gasteiger partial charge in [-0.1, -0.05) is 49.0 Å². The average molecular weight is 428 g/mol. The van der Waals surface area contributed by atoms with Crippen molar-refractivity contribution in [2.24, 2.45) is 5.92 Å². The van der Waals surface area contributed by atoms with Gasteiger partial charge in [0.25, 0.3) is 11.1 Å². The molecule has 0 saturated heterocycles. The lowest BCUT2D eigenvalue weighted by Gasteiger charge is -2.16. The predicted octanol–water partition coefficient (Wildman–Crippen LogP) is 3.90. The Morgan fingerprint density at radius 3 is 2.90 bits per heavy atom. The average Bonchev–Trinajstić information content (AvgIpc) is 3.33. The highest BCUT2D eigenvalue weighted by atomic mass is 32.2. The highest BCUT2D eigenvalue weighted by molar-refractivity contribution is 7.99. The molecule has 6 nitrogen and oxygen atoms in total. The van der Waals surface area contributed by atoms with Crippen molar-refractivity contribution in [2.75, 3.05) is 5.75 Å². The zero-order valence-electron chi connectivity index (χ0n) is 16.0. The van der Waals surface area contributed by atoms with Crippen LogP contribution < -0.4 is 5.32 Å². The van der Waals surface area contributed by atoms with Gasteiger partial charge in [0.15, 0.2) is 0 Å². The minimum atomic E-state index is -0.378. The second-order valence-corrected chi connectivity index (χ2v) is 9.27. The second kappa shape index (κ2) is 8.92. The molecule has 0 fully saturated rings. The first-order valence-electron chi connectivity index (χ1n) is 9.51. The molecule has 2 heterocycles. The Bertz CT molecular complexity index is 1010. The van der Waals surface area contributed by atoms with Crippen LogP contribution in [0.15, 0.2) is 46.0 Å². The van der Waals surface area contributed by atoms with E-state index >= 15 is 0 Å². The molecular formula is C21H21N3O3S2. The van der Waals surface area contributed by atoms with Crippen LogP contribution in [0.2, 0.25) is 0 Å². The van der Waals surface area contributed by atoms with Gasteiger partial charge >= 0.3 is 0 Å². The molecule has 0 bridgehead atoms. The molecule has 2 amide bonds. The summed E-state index contributed by atoms with van der Waals surface area (Å²) in [5.74, 6) is 0.533. The number of fused-ring (bicyclic) bond motifs is 1. The minimum Gasteiger partial charge on any atom is -0.410 e. The van der Waals surface area contributed by atoms with Gasteiger partial charge in [-0.05, 0) is 42.4 Å². The van der Waals surface area contributed by atoms with Crippen LogP contribution in [0.3, 0.4) is 0 Å². The van der Waals surface area contributed by atoms with Crippen molar-refractivity contribution in [3.63, 3.8) is 0 Å². The number of aromatic nitrogens is 2. The smallest absolute Gasteiger partial charge is 0.277 e. The van der Waals surface area contributed by atoms with Gasteiger partial charge in [-0.2, -0.15) is 0 Å². The van der Waals surface area contributed by atoms with E-state index in [0.29, 0.717) is 17.0 Å². The van der Waals surface area contributed by atoms with Gasteiger partial charge in [-0.15, -0.1) is 21.5 Å². The Balaban J connectivity index is 1.29. The van der Waals surface area contributed by atoms with E-state index in [1.54, 1.807) is 11.3 Å². The second-order valence-electron chi connectivity index (χ2n) is 7.20. The first kappa shape index (κ1) is 19.8. The van der Waals surface area contributed by atoms with Gasteiger partial charge < -0.3 is 4.42 Å². The summed E-state index contributed by atoms with van der Waals surface area (Å²) in [6.45, 7) is 2.28. The minimum absolute atomic E-state index is 0.0423. The molecule has 0 saturated carbocycles. The van der Waals surface area contributed by atoms with Gasteiger partial charge in [0.05, 0.1) is 17.1 Å². The largest absolute Gasteiger partial charge is 0.410 e. The summed E-state index contributed by atoms with van der Waals surface area (Å²) in [4.78, 5) is 26.4. The van der Waals surface area contributed by atoms with Gasteiger partial charge in [0.1, 0.15) is 0 Å². The highest BCUT2D eigenvalue weighted by Crippen LogP contribution is 2.37. The van der Waals surface area contributed by atoms with Crippen molar-refractivity contribution in [3.8, 4) is 10.8 Å². The van der Waals surface area contributed by atoms with E-state index in [0.717, 1.165) is 35.0 Å². The number of carbonyl (C=O) groups is 2. The fourth-order valence-electron chi connectivity index (χ4n) is 3.32. The normalized spacial score (nSPS) is 15.7. The predicted molar refractivity (Wildman–Crippen MR) is 113 cm³/mol. The summed E-state index contributed by atoms with van der Waals surface area (Å²) in [7, 11) is 0. The lowest BCUT2D eigenvalue weighted by molar-refractivity contribution is -0.128. The Morgan fingerprint density at radius 1 is 1.24 bits per heavy atom. The Morgan fingerprint density at radius 2 is 2.07 bits per heavy atom. The lowest BCUT2D eigenvalue weighted by Crippen LogP contribution is -2.33. The molecule has 150 valence electrons. The molecule has 8 heteroatoms. The maximum Gasteiger partial charge on any atom is 0.277 e. The number of nitrogens with one attached hydrogen (secondary N) is 1. The molecule has 1 atom stereocenters. The SMILES string of the molecule is CC1CCc2sc(-c3nnc(SCC(=O)NC(=O)Cc4ccccc4)o3)cc2C1. The molecule has 29 heavy (non-hydrogen) atoms. The fraction of sp³-hybridized carbons (Fsp3) is 0.333. The monoisotopic (exact) mass is 427 g/mol. The Kier molecular flexibility index (Phi) is 6.10. The Labute approximate surface area is 177 Å². The maximum absolute atomic E-state index is 12.0. The van der Waals surface area contributed by atoms with Crippen LogP contribution in [0.1, 0.15) is 29.3 Å². The van der Waals surface area contributed by atoms with Crippen LogP contribution >= 0.6 is 23.1 Å². The van der Waals surface area contributed by atoms with E-state index in [2.05, 4.69) is 28.5 Å². The van der Waals surface area contributed by atoms with Crippen LogP contribution in [0, 0.1) is 5.92 Å². The van der Waals surface area contributed by atoms with Crippen LogP contribution in [0.25, 0.3) is 10.8 Å². The van der Waals surface area contributed by atoms with Gasteiger partial charge in [0.2, 0.25) is 11.8 Å². The number of rotatable bonds is 6. The summed E-state index contributed by atoms with van der Waals surface area (Å²) < 4.78 is 5.71. The van der Waals surface area contributed by atoms with Crippen LogP contribution in [0.4, 0.5) is 0 Å². The van der Waals surface area contributed by atoms with E-state index in [1.165, 1.54) is 16.9 Å². The number of benzene rings is 1. The lowest BCUT2D eigenvalue weighted by atomic mass is 9.90. The molecule has 1 aromatic carbocycles. The summed E-state index contributed by atoms with van der Waals surface area (Å²) in [6, 6.07) is 11.4. The number of aryl methyl sites for hydroxylation is 1. The molecule has 1 aliphatic carbocycles. The number of hydrogen-bond acceptors (Lipinski definition) is 7. The molecular weight excluding hydrogens is 406 g/mol. The molecule has 2 aromatic heterocycles. The van der Waals surface area contributed by atoms with E-state index in [-0.39, 0.29) is 24.0 Å².